The molecular formula is C86H129FN6O4. The molecule has 12 rings (SSSR count). The molecule has 10 nitrogen and oxygen atoms in total. The van der Waals surface area contributed by atoms with E-state index < -0.39 is 0 Å². The number of benzene rings is 6. The van der Waals surface area contributed by atoms with Gasteiger partial charge in [-0.25, -0.2) is 4.39 Å². The monoisotopic (exact) mass is 1330 g/mol. The van der Waals surface area contributed by atoms with Crippen LogP contribution in [0.4, 0.5) is 32.8 Å². The molecule has 0 amide bonds. The molecular weight excluding hydrogens is 1200 g/mol. The van der Waals surface area contributed by atoms with Crippen molar-refractivity contribution >= 4 is 28.4 Å². The minimum atomic E-state index is -0.150. The number of hydrogen-bond acceptors (Lipinski definition) is 10. The highest BCUT2D eigenvalue weighted by Crippen LogP contribution is 2.29. The highest BCUT2D eigenvalue weighted by Gasteiger charge is 2.22. The molecule has 4 saturated heterocycles. The number of anilines is 5. The van der Waals surface area contributed by atoms with Crippen LogP contribution in [0.15, 0.2) is 140 Å². The van der Waals surface area contributed by atoms with Crippen molar-refractivity contribution < 1.29 is 23.3 Å². The average Bonchev–Trinajstić information content (AvgIpc) is 1.39. The molecule has 2 aliphatic carbocycles. The Hall–Kier alpha value is -5.95. The van der Waals surface area contributed by atoms with E-state index in [-0.39, 0.29) is 5.82 Å². The molecule has 6 fully saturated rings. The van der Waals surface area contributed by atoms with E-state index in [1.165, 1.54) is 114 Å². The van der Waals surface area contributed by atoms with Crippen molar-refractivity contribution in [3.8, 4) is 0 Å². The van der Waals surface area contributed by atoms with E-state index in [4.69, 9.17) is 18.9 Å². The van der Waals surface area contributed by atoms with Crippen LogP contribution < -0.4 is 26.2 Å². The minimum absolute atomic E-state index is 0.150. The van der Waals surface area contributed by atoms with Crippen LogP contribution in [0, 0.1) is 5.82 Å². The van der Waals surface area contributed by atoms with E-state index in [0.29, 0.717) is 71.4 Å². The van der Waals surface area contributed by atoms with Gasteiger partial charge in [0.05, 0.1) is 31.5 Å². The Morgan fingerprint density at radius 2 is 0.753 bits per heavy atom. The number of morpholine rings is 1. The van der Waals surface area contributed by atoms with Crippen LogP contribution >= 0.6 is 0 Å². The topological polar surface area (TPSA) is 91.5 Å². The molecule has 1 unspecified atom stereocenters. The van der Waals surface area contributed by atoms with E-state index in [0.717, 1.165) is 110 Å². The molecule has 4 aliphatic heterocycles. The van der Waals surface area contributed by atoms with Gasteiger partial charge in [0.15, 0.2) is 0 Å². The summed E-state index contributed by atoms with van der Waals surface area (Å²) in [5.41, 5.74) is 15.2. The Kier molecular flexibility index (Phi) is 34.1. The third-order valence-electron chi connectivity index (χ3n) is 20.2. The number of halogens is 1. The standard InChI is InChI=1S/2C15H23NO.C15H23N.C14H20FNO.C14H21N.C13H19NO/c1-12(2)13-4-6-14(7-5-13)16(3)15-8-10-17-11-9-15;1-12(2)15-6-4-14(5-7-15)10-16-8-9-17-11-13(16)3;1-12(2)13-8-10-15(11-9-13)16-14-6-4-3-5-7-14;1-10(2)11-3-4-14(13(15)9-11)16-12-5-7-17-8-6-12;1-11(2)12-7-9-14(10-8-12)15-13-5-3-4-6-13;1-10(2)11-3-5-12(6-4-11)14-13-7-8-15-9-13/h4-7,12,15H,8-11H2,1-3H3;4-7,12-13H,8-11H2,1-3H3;8-12,14,16H,3-7H2,1-2H3;3-4,9-10,12,16H,5-8H2,1-2H3;7-11,13,15H,3-6H2,1-2H3;3-6,10,13-14H,7-9H2,1-2H3/t;13-;;;;/m.0..../s1. The maximum atomic E-state index is 13.9. The van der Waals surface area contributed by atoms with Crippen molar-refractivity contribution in [2.75, 3.05) is 92.6 Å². The molecule has 2 atom stereocenters. The van der Waals surface area contributed by atoms with Crippen LogP contribution in [0.1, 0.15) is 254 Å². The van der Waals surface area contributed by atoms with Gasteiger partial charge >= 0.3 is 0 Å². The molecule has 4 N–H and O–H groups in total. The molecule has 6 aromatic rings. The molecule has 97 heavy (non-hydrogen) atoms. The van der Waals surface area contributed by atoms with Crippen LogP contribution in [-0.2, 0) is 25.5 Å². The van der Waals surface area contributed by atoms with Crippen molar-refractivity contribution in [1.29, 1.82) is 0 Å². The van der Waals surface area contributed by atoms with Crippen molar-refractivity contribution in [1.82, 2.24) is 4.90 Å². The zero-order valence-corrected chi connectivity index (χ0v) is 62.6. The first-order chi connectivity index (χ1) is 46.8. The van der Waals surface area contributed by atoms with Crippen molar-refractivity contribution in [2.24, 2.45) is 0 Å². The van der Waals surface area contributed by atoms with Gasteiger partial charge in [-0.3, -0.25) is 4.90 Å². The van der Waals surface area contributed by atoms with E-state index in [1.54, 1.807) is 6.07 Å². The van der Waals surface area contributed by atoms with Gasteiger partial charge in [0, 0.05) is 106 Å². The van der Waals surface area contributed by atoms with Gasteiger partial charge in [-0.1, -0.05) is 194 Å². The fourth-order valence-electron chi connectivity index (χ4n) is 13.3. The summed E-state index contributed by atoms with van der Waals surface area (Å²) in [5, 5.41) is 14.0. The predicted octanol–water partition coefficient (Wildman–Crippen LogP) is 21.7. The minimum Gasteiger partial charge on any atom is -0.382 e. The number of hydrogen-bond donors (Lipinski definition) is 4. The van der Waals surface area contributed by atoms with Crippen molar-refractivity contribution in [2.45, 2.75) is 258 Å². The van der Waals surface area contributed by atoms with E-state index in [9.17, 15) is 4.39 Å². The fraction of sp³-hybridized carbons (Fsp3) is 0.581. The summed E-state index contributed by atoms with van der Waals surface area (Å²) in [4.78, 5) is 4.89. The average molecular weight is 1330 g/mol. The lowest BCUT2D eigenvalue weighted by atomic mass is 9.95. The van der Waals surface area contributed by atoms with Crippen molar-refractivity contribution in [3.63, 3.8) is 0 Å². The van der Waals surface area contributed by atoms with Crippen LogP contribution in [-0.4, -0.2) is 108 Å². The first-order valence-corrected chi connectivity index (χ1v) is 37.9. The zero-order chi connectivity index (χ0) is 69.5. The molecule has 6 aromatic carbocycles. The van der Waals surface area contributed by atoms with Crippen molar-refractivity contribution in [3.05, 3.63) is 184 Å². The second-order valence-corrected chi connectivity index (χ2v) is 30.1. The lowest BCUT2D eigenvalue weighted by molar-refractivity contribution is -0.00437. The largest absolute Gasteiger partial charge is 0.382 e. The normalized spacial score (nSPS) is 18.8. The van der Waals surface area contributed by atoms with Gasteiger partial charge in [-0.15, -0.1) is 0 Å². The number of ether oxygens (including phenoxy) is 4. The third kappa shape index (κ3) is 27.9. The fourth-order valence-corrected chi connectivity index (χ4v) is 13.3. The summed E-state index contributed by atoms with van der Waals surface area (Å²) < 4.78 is 35.4. The Balaban J connectivity index is 0.000000164. The number of rotatable bonds is 18. The second-order valence-electron chi connectivity index (χ2n) is 30.1. The molecule has 0 spiro atoms. The molecule has 534 valence electrons. The lowest BCUT2D eigenvalue weighted by Crippen LogP contribution is -2.42. The molecule has 2 saturated carbocycles. The van der Waals surface area contributed by atoms with Crippen LogP contribution in [0.3, 0.4) is 0 Å². The summed E-state index contributed by atoms with van der Waals surface area (Å²) in [6, 6.07) is 53.5. The molecule has 11 heteroatoms. The molecule has 4 heterocycles. The lowest BCUT2D eigenvalue weighted by Gasteiger charge is -2.33. The van der Waals surface area contributed by atoms with Gasteiger partial charge < -0.3 is 45.1 Å². The summed E-state index contributed by atoms with van der Waals surface area (Å²) in [6.45, 7) is 37.6. The number of nitrogens with one attached hydrogen (secondary N) is 4. The SMILES string of the molecule is CC(C)c1ccc(CN2CCOC[C@@H]2C)cc1.CC(C)c1ccc(N(C)C2CCOCC2)cc1.CC(C)c1ccc(NC2CCCC2)cc1.CC(C)c1ccc(NC2CCCCC2)cc1.CC(C)c1ccc(NC2CCOC2)cc1.CC(C)c1ccc(NC2CCOCC2)c(F)c1. The van der Waals surface area contributed by atoms with Crippen LogP contribution in [0.25, 0.3) is 0 Å². The van der Waals surface area contributed by atoms with Gasteiger partial charge in [-0.2, -0.15) is 0 Å². The summed E-state index contributed by atoms with van der Waals surface area (Å²) >= 11 is 0. The zero-order valence-electron chi connectivity index (χ0n) is 62.6. The van der Waals surface area contributed by atoms with E-state index >= 15 is 0 Å². The first-order valence-electron chi connectivity index (χ1n) is 37.9. The molecule has 0 radical (unpaired) electrons. The van der Waals surface area contributed by atoms with Gasteiger partial charge in [0.25, 0.3) is 0 Å². The van der Waals surface area contributed by atoms with E-state index in [1.807, 2.05) is 12.1 Å². The van der Waals surface area contributed by atoms with Gasteiger partial charge in [-0.05, 0) is 200 Å². The Morgan fingerprint density at radius 1 is 0.392 bits per heavy atom. The molecule has 0 bridgehead atoms. The van der Waals surface area contributed by atoms with Gasteiger partial charge in [0.1, 0.15) is 5.82 Å². The molecule has 0 aromatic heterocycles. The van der Waals surface area contributed by atoms with Crippen LogP contribution in [0.5, 0.6) is 0 Å². The maximum absolute atomic E-state index is 13.9. The van der Waals surface area contributed by atoms with E-state index in [2.05, 4.69) is 249 Å². The second kappa shape index (κ2) is 42.2. The quantitative estimate of drug-likeness (QED) is 0.0667. The summed E-state index contributed by atoms with van der Waals surface area (Å²) in [5.74, 6) is 3.30. The Bertz CT molecular complexity index is 2960. The molecule has 6 aliphatic rings. The first kappa shape index (κ1) is 78.4. The maximum Gasteiger partial charge on any atom is 0.146 e. The summed E-state index contributed by atoms with van der Waals surface area (Å²) in [6.07, 6.45) is 17.6. The number of nitrogens with zero attached hydrogens (tertiary/aromatic N) is 2. The highest BCUT2D eigenvalue weighted by molar-refractivity contribution is 5.51. The van der Waals surface area contributed by atoms with Gasteiger partial charge in [0.2, 0.25) is 0 Å². The van der Waals surface area contributed by atoms with Crippen LogP contribution in [0.2, 0.25) is 0 Å². The third-order valence-corrected chi connectivity index (χ3v) is 20.2. The predicted molar refractivity (Wildman–Crippen MR) is 413 cm³/mol. The summed E-state index contributed by atoms with van der Waals surface area (Å²) in [7, 11) is 2.19. The Labute approximate surface area is 588 Å². The highest BCUT2D eigenvalue weighted by atomic mass is 19.1. The smallest absolute Gasteiger partial charge is 0.146 e. The Morgan fingerprint density at radius 3 is 1.16 bits per heavy atom.